The summed E-state index contributed by atoms with van der Waals surface area (Å²) in [5.41, 5.74) is 0.0611. The number of carbonyl (C=O) groups is 2. The second-order valence-corrected chi connectivity index (χ2v) is 8.25. The average molecular weight is 347 g/mol. The molecule has 6 nitrogen and oxygen atoms in total. The third-order valence-electron chi connectivity index (χ3n) is 4.12. The molecule has 1 saturated heterocycles. The number of aliphatic imine (C=N–C) groups is 1. The second-order valence-electron chi connectivity index (χ2n) is 8.25. The van der Waals surface area contributed by atoms with Gasteiger partial charge in [-0.05, 0) is 39.7 Å². The Balaban J connectivity index is 1.87. The summed E-state index contributed by atoms with van der Waals surface area (Å²) in [7, 11) is 0. The van der Waals surface area contributed by atoms with Crippen LogP contribution < -0.4 is 5.32 Å². The fourth-order valence-corrected chi connectivity index (χ4v) is 2.81. The molecule has 0 aromatic rings. The zero-order valence-electron chi connectivity index (χ0n) is 15.8. The summed E-state index contributed by atoms with van der Waals surface area (Å²) >= 11 is 0. The summed E-state index contributed by atoms with van der Waals surface area (Å²) in [5.74, 6) is -0.119. The maximum absolute atomic E-state index is 12.5. The van der Waals surface area contributed by atoms with E-state index in [1.54, 1.807) is 17.3 Å². The molecule has 2 aliphatic rings. The molecule has 0 aliphatic carbocycles. The fraction of sp³-hybridized carbons (Fsp3) is 0.632. The van der Waals surface area contributed by atoms with Crippen LogP contribution in [0.25, 0.3) is 0 Å². The lowest BCUT2D eigenvalue weighted by molar-refractivity contribution is -0.125. The van der Waals surface area contributed by atoms with Gasteiger partial charge in [-0.3, -0.25) is 9.79 Å². The fourth-order valence-electron chi connectivity index (χ4n) is 2.81. The highest BCUT2D eigenvalue weighted by molar-refractivity contribution is 5.89. The Hall–Kier alpha value is -2.11. The van der Waals surface area contributed by atoms with Crippen molar-refractivity contribution >= 4 is 18.2 Å². The van der Waals surface area contributed by atoms with Gasteiger partial charge in [0.2, 0.25) is 5.91 Å². The van der Waals surface area contributed by atoms with E-state index in [9.17, 15) is 9.59 Å². The maximum atomic E-state index is 12.5. The van der Waals surface area contributed by atoms with Crippen LogP contribution in [0.5, 0.6) is 0 Å². The van der Waals surface area contributed by atoms with Gasteiger partial charge in [-0.1, -0.05) is 19.9 Å². The number of rotatable bonds is 2. The number of likely N-dealkylation sites (tertiary alicyclic amines) is 1. The lowest BCUT2D eigenvalue weighted by atomic mass is 9.92. The van der Waals surface area contributed by atoms with E-state index in [4.69, 9.17) is 4.74 Å². The van der Waals surface area contributed by atoms with Crippen molar-refractivity contribution in [3.8, 4) is 0 Å². The van der Waals surface area contributed by atoms with E-state index in [-0.39, 0.29) is 23.3 Å². The van der Waals surface area contributed by atoms with Crippen molar-refractivity contribution < 1.29 is 14.3 Å². The Morgan fingerprint density at radius 3 is 2.52 bits per heavy atom. The first-order valence-electron chi connectivity index (χ1n) is 8.78. The van der Waals surface area contributed by atoms with Crippen molar-refractivity contribution in [2.24, 2.45) is 16.3 Å². The zero-order chi connectivity index (χ0) is 18.7. The first-order chi connectivity index (χ1) is 11.6. The van der Waals surface area contributed by atoms with Crippen LogP contribution in [0.15, 0.2) is 29.0 Å². The molecule has 2 aliphatic heterocycles. The molecular weight excluding hydrogens is 318 g/mol. The standard InChI is InChI=1S/C19H29N3O3/c1-18(2,3)25-17(24)22-10-6-14(7-11-22)16(23)21-15-12-19(4,5)8-9-20-13-15/h8-9,12-14H,6-7,10-11H2,1-5H3,(H,21,23). The number of hydrogen-bond donors (Lipinski definition) is 1. The molecule has 2 rings (SSSR count). The Kier molecular flexibility index (Phi) is 5.70. The molecule has 0 atom stereocenters. The highest BCUT2D eigenvalue weighted by Gasteiger charge is 2.30. The van der Waals surface area contributed by atoms with Crippen molar-refractivity contribution in [3.63, 3.8) is 0 Å². The average Bonchev–Trinajstić information content (AvgIpc) is 2.66. The first-order valence-corrected chi connectivity index (χ1v) is 8.78. The van der Waals surface area contributed by atoms with Gasteiger partial charge in [0.05, 0.1) is 11.9 Å². The molecule has 6 heteroatoms. The molecule has 2 heterocycles. The minimum Gasteiger partial charge on any atom is -0.444 e. The van der Waals surface area contributed by atoms with Gasteiger partial charge in [0, 0.05) is 30.6 Å². The van der Waals surface area contributed by atoms with Crippen LogP contribution in [0.1, 0.15) is 47.5 Å². The minimum absolute atomic E-state index is 0.0146. The van der Waals surface area contributed by atoms with Crippen LogP contribution >= 0.6 is 0 Å². The summed E-state index contributed by atoms with van der Waals surface area (Å²) in [6.07, 6.45) is 8.36. The molecule has 0 aromatic carbocycles. The Morgan fingerprint density at radius 2 is 1.92 bits per heavy atom. The van der Waals surface area contributed by atoms with Gasteiger partial charge in [0.1, 0.15) is 5.60 Å². The van der Waals surface area contributed by atoms with E-state index < -0.39 is 5.60 Å². The van der Waals surface area contributed by atoms with Gasteiger partial charge < -0.3 is 15.0 Å². The topological polar surface area (TPSA) is 71.0 Å². The van der Waals surface area contributed by atoms with Crippen molar-refractivity contribution in [2.75, 3.05) is 13.1 Å². The van der Waals surface area contributed by atoms with Crippen molar-refractivity contribution in [2.45, 2.75) is 53.1 Å². The zero-order valence-corrected chi connectivity index (χ0v) is 15.8. The maximum Gasteiger partial charge on any atom is 0.410 e. The predicted molar refractivity (Wildman–Crippen MR) is 98.2 cm³/mol. The molecule has 1 N–H and O–H groups in total. The molecule has 25 heavy (non-hydrogen) atoms. The number of amides is 2. The molecule has 0 bridgehead atoms. The summed E-state index contributed by atoms with van der Waals surface area (Å²) in [6.45, 7) is 10.7. The number of piperidine rings is 1. The predicted octanol–water partition coefficient (Wildman–Crippen LogP) is 3.26. The van der Waals surface area contributed by atoms with Crippen LogP contribution in [-0.2, 0) is 9.53 Å². The number of carbonyl (C=O) groups excluding carboxylic acids is 2. The third-order valence-corrected chi connectivity index (χ3v) is 4.12. The van der Waals surface area contributed by atoms with Gasteiger partial charge in [-0.15, -0.1) is 0 Å². The van der Waals surface area contributed by atoms with E-state index >= 15 is 0 Å². The molecule has 138 valence electrons. The lowest BCUT2D eigenvalue weighted by Crippen LogP contribution is -2.44. The van der Waals surface area contributed by atoms with Crippen LogP contribution in [0.2, 0.25) is 0 Å². The summed E-state index contributed by atoms with van der Waals surface area (Å²) < 4.78 is 5.38. The highest BCUT2D eigenvalue weighted by atomic mass is 16.6. The van der Waals surface area contributed by atoms with E-state index in [2.05, 4.69) is 24.2 Å². The normalized spacial score (nSPS) is 20.7. The van der Waals surface area contributed by atoms with Crippen LogP contribution in [0, 0.1) is 11.3 Å². The van der Waals surface area contributed by atoms with Crippen LogP contribution in [-0.4, -0.2) is 41.8 Å². The van der Waals surface area contributed by atoms with Crippen LogP contribution in [0.3, 0.4) is 0 Å². The molecule has 0 radical (unpaired) electrons. The highest BCUT2D eigenvalue weighted by Crippen LogP contribution is 2.23. The second kappa shape index (κ2) is 7.42. The molecule has 1 fully saturated rings. The Bertz CT molecular complexity index is 604. The number of nitrogens with zero attached hydrogens (tertiary/aromatic N) is 2. The van der Waals surface area contributed by atoms with E-state index in [1.165, 1.54) is 0 Å². The van der Waals surface area contributed by atoms with Crippen molar-refractivity contribution in [1.29, 1.82) is 0 Å². The molecule has 2 amide bonds. The monoisotopic (exact) mass is 347 g/mol. The summed E-state index contributed by atoms with van der Waals surface area (Å²) in [6, 6.07) is 0. The largest absolute Gasteiger partial charge is 0.444 e. The number of hydrogen-bond acceptors (Lipinski definition) is 4. The van der Waals surface area contributed by atoms with Crippen molar-refractivity contribution in [3.05, 3.63) is 24.0 Å². The first kappa shape index (κ1) is 19.2. The van der Waals surface area contributed by atoms with Gasteiger partial charge >= 0.3 is 6.09 Å². The Labute approximate surface area is 150 Å². The molecule has 0 saturated carbocycles. The smallest absolute Gasteiger partial charge is 0.410 e. The van der Waals surface area contributed by atoms with E-state index in [0.29, 0.717) is 25.9 Å². The Morgan fingerprint density at radius 1 is 1.28 bits per heavy atom. The number of ether oxygens (including phenoxy) is 1. The quantitative estimate of drug-likeness (QED) is 0.833. The molecule has 0 spiro atoms. The summed E-state index contributed by atoms with van der Waals surface area (Å²) in [4.78, 5) is 30.4. The molecule has 0 aromatic heterocycles. The minimum atomic E-state index is -0.503. The van der Waals surface area contributed by atoms with Crippen molar-refractivity contribution in [1.82, 2.24) is 10.2 Å². The SMILES string of the molecule is CC1(C)C=CN=CC(NC(=O)C2CCN(C(=O)OC(C)(C)C)CC2)=C1. The van der Waals surface area contributed by atoms with Gasteiger partial charge in [-0.2, -0.15) is 0 Å². The number of allylic oxidation sites excluding steroid dienone is 3. The van der Waals surface area contributed by atoms with Crippen LogP contribution in [0.4, 0.5) is 4.79 Å². The third kappa shape index (κ3) is 6.03. The van der Waals surface area contributed by atoms with Gasteiger partial charge in [-0.25, -0.2) is 4.79 Å². The van der Waals surface area contributed by atoms with Gasteiger partial charge in [0.25, 0.3) is 0 Å². The van der Waals surface area contributed by atoms with E-state index in [1.807, 2.05) is 32.9 Å². The molecule has 0 unspecified atom stereocenters. The molecular formula is C19H29N3O3. The number of nitrogens with one attached hydrogen (secondary N) is 1. The van der Waals surface area contributed by atoms with Gasteiger partial charge in [0.15, 0.2) is 0 Å². The lowest BCUT2D eigenvalue weighted by Gasteiger charge is -2.33. The summed E-state index contributed by atoms with van der Waals surface area (Å²) in [5, 5.41) is 2.96. The van der Waals surface area contributed by atoms with E-state index in [0.717, 1.165) is 5.70 Å².